The van der Waals surface area contributed by atoms with Crippen molar-refractivity contribution in [2.75, 3.05) is 0 Å². The van der Waals surface area contributed by atoms with Crippen molar-refractivity contribution in [1.82, 2.24) is 0 Å². The standard InChI is InChI=1S/C18H15F2IS/c19-13-8-7-12-15(16(13)20)18(9-3-4-10-18)22-14-6-2-1-5-11(14)17(12)21/h1-2,5-8,17H,3-4,9-10H2. The van der Waals surface area contributed by atoms with Gasteiger partial charge in [-0.3, -0.25) is 0 Å². The molecule has 1 aliphatic heterocycles. The van der Waals surface area contributed by atoms with Crippen LogP contribution in [0.4, 0.5) is 8.78 Å². The third-order valence-corrected chi connectivity index (χ3v) is 7.70. The SMILES string of the molecule is Fc1ccc2c(c1F)C1(CCCC1)Sc1ccccc1C2I. The van der Waals surface area contributed by atoms with Crippen LogP contribution in [0.5, 0.6) is 0 Å². The maximum atomic E-state index is 14.8. The molecule has 2 aliphatic rings. The predicted molar refractivity (Wildman–Crippen MR) is 94.7 cm³/mol. The maximum absolute atomic E-state index is 14.8. The van der Waals surface area contributed by atoms with Crippen molar-refractivity contribution in [1.29, 1.82) is 0 Å². The molecule has 0 saturated heterocycles. The summed E-state index contributed by atoms with van der Waals surface area (Å²) in [5, 5.41) is 0. The first-order valence-corrected chi connectivity index (χ1v) is 9.59. The Morgan fingerprint density at radius 3 is 2.50 bits per heavy atom. The molecule has 1 saturated carbocycles. The highest BCUT2D eigenvalue weighted by Gasteiger charge is 2.44. The van der Waals surface area contributed by atoms with Gasteiger partial charge < -0.3 is 0 Å². The van der Waals surface area contributed by atoms with Crippen LogP contribution in [0.15, 0.2) is 41.3 Å². The molecule has 0 radical (unpaired) electrons. The molecule has 22 heavy (non-hydrogen) atoms. The van der Waals surface area contributed by atoms with Crippen molar-refractivity contribution in [3.05, 3.63) is 64.7 Å². The van der Waals surface area contributed by atoms with E-state index in [0.717, 1.165) is 31.2 Å². The fraction of sp³-hybridized carbons (Fsp3) is 0.333. The summed E-state index contributed by atoms with van der Waals surface area (Å²) in [6.07, 6.45) is 4.00. The smallest absolute Gasteiger partial charge is 0.163 e. The number of hydrogen-bond acceptors (Lipinski definition) is 1. The zero-order valence-electron chi connectivity index (χ0n) is 11.9. The topological polar surface area (TPSA) is 0 Å². The minimum absolute atomic E-state index is 0.0615. The molecule has 0 N–H and O–H groups in total. The van der Waals surface area contributed by atoms with E-state index in [2.05, 4.69) is 34.7 Å². The van der Waals surface area contributed by atoms with Crippen LogP contribution >= 0.6 is 34.4 Å². The van der Waals surface area contributed by atoms with E-state index in [1.54, 1.807) is 17.8 Å². The minimum Gasteiger partial charge on any atom is -0.204 e. The molecule has 1 fully saturated rings. The number of halogens is 3. The molecule has 1 spiro atoms. The van der Waals surface area contributed by atoms with Gasteiger partial charge in [0.05, 0.1) is 3.92 Å². The molecule has 0 aromatic heterocycles. The number of fused-ring (bicyclic) bond motifs is 3. The first kappa shape index (κ1) is 14.9. The fourth-order valence-electron chi connectivity index (χ4n) is 3.75. The summed E-state index contributed by atoms with van der Waals surface area (Å²) in [7, 11) is 0. The van der Waals surface area contributed by atoms with E-state index in [1.165, 1.54) is 16.5 Å². The van der Waals surface area contributed by atoms with Gasteiger partial charge in [0.15, 0.2) is 11.6 Å². The first-order chi connectivity index (χ1) is 10.6. The van der Waals surface area contributed by atoms with E-state index >= 15 is 0 Å². The molecule has 1 atom stereocenters. The van der Waals surface area contributed by atoms with Crippen LogP contribution in [0.3, 0.4) is 0 Å². The van der Waals surface area contributed by atoms with Gasteiger partial charge >= 0.3 is 0 Å². The first-order valence-electron chi connectivity index (χ1n) is 7.53. The van der Waals surface area contributed by atoms with Gasteiger partial charge in [0.1, 0.15) is 0 Å². The Labute approximate surface area is 146 Å². The summed E-state index contributed by atoms with van der Waals surface area (Å²) < 4.78 is 28.5. The zero-order valence-corrected chi connectivity index (χ0v) is 14.9. The van der Waals surface area contributed by atoms with E-state index in [4.69, 9.17) is 0 Å². The van der Waals surface area contributed by atoms with Crippen molar-refractivity contribution in [3.8, 4) is 0 Å². The van der Waals surface area contributed by atoms with Crippen LogP contribution in [-0.2, 0) is 4.75 Å². The summed E-state index contributed by atoms with van der Waals surface area (Å²) in [5.41, 5.74) is 2.77. The third kappa shape index (κ3) is 2.13. The van der Waals surface area contributed by atoms with E-state index in [1.807, 2.05) is 12.1 Å². The summed E-state index contributed by atoms with van der Waals surface area (Å²) in [4.78, 5) is 1.21. The van der Waals surface area contributed by atoms with Crippen molar-refractivity contribution in [2.45, 2.75) is 39.3 Å². The van der Waals surface area contributed by atoms with Gasteiger partial charge in [-0.15, -0.1) is 11.8 Å². The van der Waals surface area contributed by atoms with Gasteiger partial charge in [-0.25, -0.2) is 8.78 Å². The van der Waals surface area contributed by atoms with Crippen LogP contribution in [0.25, 0.3) is 0 Å². The lowest BCUT2D eigenvalue weighted by molar-refractivity contribution is 0.477. The molecular formula is C18H15F2IS. The van der Waals surface area contributed by atoms with Gasteiger partial charge in [0, 0.05) is 15.2 Å². The molecule has 1 aliphatic carbocycles. The van der Waals surface area contributed by atoms with Gasteiger partial charge in [0.2, 0.25) is 0 Å². The Hall–Kier alpha value is -0.620. The Balaban J connectivity index is 2.04. The lowest BCUT2D eigenvalue weighted by Crippen LogP contribution is -2.21. The Morgan fingerprint density at radius 1 is 1.00 bits per heavy atom. The largest absolute Gasteiger partial charge is 0.204 e. The highest BCUT2D eigenvalue weighted by Crippen LogP contribution is 2.59. The van der Waals surface area contributed by atoms with Crippen molar-refractivity contribution >= 4 is 34.4 Å². The summed E-state index contributed by atoms with van der Waals surface area (Å²) in [6, 6.07) is 11.3. The van der Waals surface area contributed by atoms with Gasteiger partial charge in [-0.2, -0.15) is 0 Å². The second-order valence-corrected chi connectivity index (χ2v) is 8.70. The van der Waals surface area contributed by atoms with E-state index in [9.17, 15) is 8.78 Å². The molecule has 1 unspecified atom stereocenters. The highest BCUT2D eigenvalue weighted by atomic mass is 127. The molecule has 114 valence electrons. The van der Waals surface area contributed by atoms with E-state index < -0.39 is 11.6 Å². The molecule has 0 amide bonds. The molecule has 4 rings (SSSR count). The lowest BCUT2D eigenvalue weighted by Gasteiger charge is -2.30. The second-order valence-electron chi connectivity index (χ2n) is 6.03. The van der Waals surface area contributed by atoms with Crippen LogP contribution in [-0.4, -0.2) is 0 Å². The highest BCUT2D eigenvalue weighted by molar-refractivity contribution is 14.1. The molecule has 4 heteroatoms. The van der Waals surface area contributed by atoms with Crippen LogP contribution < -0.4 is 0 Å². The average molecular weight is 428 g/mol. The molecule has 2 aromatic carbocycles. The summed E-state index contributed by atoms with van der Waals surface area (Å²) in [5.74, 6) is -1.36. The number of benzene rings is 2. The van der Waals surface area contributed by atoms with Crippen molar-refractivity contribution in [3.63, 3.8) is 0 Å². The Bertz CT molecular complexity index is 738. The quantitative estimate of drug-likeness (QED) is 0.347. The number of alkyl halides is 1. The number of hydrogen-bond donors (Lipinski definition) is 0. The Kier molecular flexibility index (Phi) is 3.72. The Morgan fingerprint density at radius 2 is 1.73 bits per heavy atom. The normalized spacial score (nSPS) is 22.2. The molecule has 0 bridgehead atoms. The lowest BCUT2D eigenvalue weighted by atomic mass is 9.88. The third-order valence-electron chi connectivity index (χ3n) is 4.76. The van der Waals surface area contributed by atoms with Crippen LogP contribution in [0.1, 0.15) is 46.3 Å². The molecule has 2 aromatic rings. The monoisotopic (exact) mass is 428 g/mol. The minimum atomic E-state index is -0.722. The number of rotatable bonds is 0. The summed E-state index contributed by atoms with van der Waals surface area (Å²) >= 11 is 4.11. The second kappa shape index (κ2) is 5.48. The fourth-order valence-corrected chi connectivity index (χ4v) is 6.70. The van der Waals surface area contributed by atoms with Gasteiger partial charge in [-0.1, -0.05) is 59.7 Å². The predicted octanol–water partition coefficient (Wildman–Crippen LogP) is 6.36. The average Bonchev–Trinajstić information content (AvgIpc) is 2.95. The van der Waals surface area contributed by atoms with Gasteiger partial charge in [0.25, 0.3) is 0 Å². The zero-order chi connectivity index (χ0) is 15.3. The molecule has 1 heterocycles. The van der Waals surface area contributed by atoms with Crippen molar-refractivity contribution in [2.24, 2.45) is 0 Å². The van der Waals surface area contributed by atoms with Gasteiger partial charge in [-0.05, 0) is 36.1 Å². The van der Waals surface area contributed by atoms with Crippen molar-refractivity contribution < 1.29 is 8.78 Å². The number of thioether (sulfide) groups is 1. The molecule has 0 nitrogen and oxygen atoms in total. The molecular weight excluding hydrogens is 413 g/mol. The van der Waals surface area contributed by atoms with E-state index in [-0.39, 0.29) is 8.67 Å². The van der Waals surface area contributed by atoms with E-state index in [0.29, 0.717) is 5.56 Å². The van der Waals surface area contributed by atoms with Crippen LogP contribution in [0, 0.1) is 11.6 Å². The maximum Gasteiger partial charge on any atom is 0.163 e. The van der Waals surface area contributed by atoms with Crippen LogP contribution in [0.2, 0.25) is 0 Å². The summed E-state index contributed by atoms with van der Waals surface area (Å²) in [6.45, 7) is 0.